The molecule has 1 aromatic heterocycles. The van der Waals surface area contributed by atoms with Crippen LogP contribution in [0.25, 0.3) is 16.8 Å². The highest BCUT2D eigenvalue weighted by atomic mass is 19.1. The molecule has 2 aromatic carbocycles. The van der Waals surface area contributed by atoms with Crippen molar-refractivity contribution < 1.29 is 4.39 Å². The van der Waals surface area contributed by atoms with Crippen LogP contribution in [-0.2, 0) is 13.1 Å². The third-order valence-corrected chi connectivity index (χ3v) is 4.47. The highest BCUT2D eigenvalue weighted by molar-refractivity contribution is 5.69. The van der Waals surface area contributed by atoms with Crippen LogP contribution in [0.4, 0.5) is 4.39 Å². The summed E-state index contributed by atoms with van der Waals surface area (Å²) in [5.74, 6) is -0.224. The quantitative estimate of drug-likeness (QED) is 0.778. The fraction of sp³-hybridized carbons (Fsp3) is 0.211. The Balaban J connectivity index is 1.84. The number of rotatable bonds is 2. The van der Waals surface area contributed by atoms with Crippen molar-refractivity contribution in [3.8, 4) is 16.8 Å². The zero-order valence-corrected chi connectivity index (χ0v) is 13.2. The van der Waals surface area contributed by atoms with Crippen molar-refractivity contribution >= 4 is 0 Å². The van der Waals surface area contributed by atoms with Crippen molar-refractivity contribution in [3.05, 3.63) is 70.8 Å². The maximum atomic E-state index is 13.6. The predicted molar refractivity (Wildman–Crippen MR) is 89.0 cm³/mol. The number of aryl methyl sites for hydroxylation is 1. The molecule has 0 bridgehead atoms. The van der Waals surface area contributed by atoms with Crippen LogP contribution in [0, 0.1) is 19.7 Å². The van der Waals surface area contributed by atoms with Gasteiger partial charge in [-0.05, 0) is 54.8 Å². The molecule has 0 spiro atoms. The minimum absolute atomic E-state index is 0.224. The molecule has 0 aliphatic carbocycles. The van der Waals surface area contributed by atoms with Gasteiger partial charge in [0, 0.05) is 24.3 Å². The lowest BCUT2D eigenvalue weighted by Gasteiger charge is -2.08. The van der Waals surface area contributed by atoms with Gasteiger partial charge in [0.25, 0.3) is 0 Å². The molecule has 1 N–H and O–H groups in total. The summed E-state index contributed by atoms with van der Waals surface area (Å²) in [5, 5.41) is 8.04. The molecule has 0 fully saturated rings. The number of aromatic nitrogens is 2. The van der Waals surface area contributed by atoms with Crippen molar-refractivity contribution in [2.45, 2.75) is 26.9 Å². The van der Waals surface area contributed by atoms with Gasteiger partial charge in [0.2, 0.25) is 0 Å². The molecule has 1 aliphatic heterocycles. The molecule has 0 saturated carbocycles. The molecule has 4 rings (SSSR count). The average Bonchev–Trinajstić information content (AvgIpc) is 3.10. The van der Waals surface area contributed by atoms with Crippen LogP contribution in [0.3, 0.4) is 0 Å². The van der Waals surface area contributed by atoms with Gasteiger partial charge in [-0.1, -0.05) is 18.2 Å². The van der Waals surface area contributed by atoms with Gasteiger partial charge in [0.15, 0.2) is 0 Å². The molecule has 2 heterocycles. The van der Waals surface area contributed by atoms with Crippen molar-refractivity contribution in [2.24, 2.45) is 0 Å². The summed E-state index contributed by atoms with van der Waals surface area (Å²) >= 11 is 0. The van der Waals surface area contributed by atoms with Gasteiger partial charge >= 0.3 is 0 Å². The van der Waals surface area contributed by atoms with E-state index in [1.165, 1.54) is 17.2 Å². The Labute approximate surface area is 134 Å². The highest BCUT2D eigenvalue weighted by Gasteiger charge is 2.17. The smallest absolute Gasteiger partial charge is 0.123 e. The van der Waals surface area contributed by atoms with E-state index in [2.05, 4.69) is 28.6 Å². The van der Waals surface area contributed by atoms with E-state index in [0.717, 1.165) is 41.3 Å². The Hall–Kier alpha value is -2.46. The summed E-state index contributed by atoms with van der Waals surface area (Å²) in [5.41, 5.74) is 7.53. The van der Waals surface area contributed by atoms with Crippen LogP contribution < -0.4 is 5.32 Å². The van der Waals surface area contributed by atoms with Crippen LogP contribution in [0.1, 0.15) is 22.5 Å². The molecule has 0 unspecified atom stereocenters. The maximum Gasteiger partial charge on any atom is 0.123 e. The van der Waals surface area contributed by atoms with Gasteiger partial charge < -0.3 is 5.32 Å². The van der Waals surface area contributed by atoms with E-state index in [9.17, 15) is 4.39 Å². The first kappa shape index (κ1) is 14.2. The van der Waals surface area contributed by atoms with Gasteiger partial charge in [0.05, 0.1) is 11.4 Å². The van der Waals surface area contributed by atoms with Crippen molar-refractivity contribution in [3.63, 3.8) is 0 Å². The van der Waals surface area contributed by atoms with Crippen molar-refractivity contribution in [1.82, 2.24) is 15.1 Å². The van der Waals surface area contributed by atoms with E-state index < -0.39 is 0 Å². The molecule has 0 saturated heterocycles. The topological polar surface area (TPSA) is 29.9 Å². The molecule has 0 radical (unpaired) electrons. The van der Waals surface area contributed by atoms with Crippen molar-refractivity contribution in [2.75, 3.05) is 0 Å². The Bertz CT molecular complexity index is 896. The number of halogens is 1. The van der Waals surface area contributed by atoms with Gasteiger partial charge in [-0.2, -0.15) is 5.10 Å². The number of nitrogens with zero attached hydrogens (tertiary/aromatic N) is 2. The zero-order chi connectivity index (χ0) is 16.0. The van der Waals surface area contributed by atoms with E-state index in [1.807, 2.05) is 24.6 Å². The summed E-state index contributed by atoms with van der Waals surface area (Å²) in [6.45, 7) is 5.84. The fourth-order valence-electron chi connectivity index (χ4n) is 3.37. The standard InChI is InChI=1S/C19H18FN3/c1-12-19(14-4-3-5-17(20)8-14)13(2)23(22-12)18-7-6-15-10-21-11-16(15)9-18/h3-9,21H,10-11H2,1-2H3. The Morgan fingerprint density at radius 3 is 2.70 bits per heavy atom. The van der Waals surface area contributed by atoms with Crippen molar-refractivity contribution in [1.29, 1.82) is 0 Å². The fourth-order valence-corrected chi connectivity index (χ4v) is 3.37. The summed E-state index contributed by atoms with van der Waals surface area (Å²) in [4.78, 5) is 0. The summed E-state index contributed by atoms with van der Waals surface area (Å²) in [7, 11) is 0. The second-order valence-corrected chi connectivity index (χ2v) is 6.02. The van der Waals surface area contributed by atoms with Crippen LogP contribution >= 0.6 is 0 Å². The molecular weight excluding hydrogens is 289 g/mol. The molecule has 116 valence electrons. The van der Waals surface area contributed by atoms with E-state index in [4.69, 9.17) is 0 Å². The molecule has 1 aliphatic rings. The normalized spacial score (nSPS) is 13.3. The third kappa shape index (κ3) is 2.35. The van der Waals surface area contributed by atoms with E-state index >= 15 is 0 Å². The van der Waals surface area contributed by atoms with Crippen LogP contribution in [0.5, 0.6) is 0 Å². The Morgan fingerprint density at radius 1 is 1.04 bits per heavy atom. The summed E-state index contributed by atoms with van der Waals surface area (Å²) < 4.78 is 15.5. The first-order chi connectivity index (χ1) is 11.1. The highest BCUT2D eigenvalue weighted by Crippen LogP contribution is 2.30. The minimum atomic E-state index is -0.224. The summed E-state index contributed by atoms with van der Waals surface area (Å²) in [6, 6.07) is 13.1. The van der Waals surface area contributed by atoms with Crippen LogP contribution in [-0.4, -0.2) is 9.78 Å². The number of nitrogens with one attached hydrogen (secondary N) is 1. The number of hydrogen-bond acceptors (Lipinski definition) is 2. The predicted octanol–water partition coefficient (Wildman–Crippen LogP) is 3.90. The van der Waals surface area contributed by atoms with Crippen LogP contribution in [0.15, 0.2) is 42.5 Å². The molecule has 0 atom stereocenters. The maximum absolute atomic E-state index is 13.6. The van der Waals surface area contributed by atoms with Gasteiger partial charge in [0.1, 0.15) is 5.82 Å². The van der Waals surface area contributed by atoms with E-state index in [0.29, 0.717) is 0 Å². The number of benzene rings is 2. The lowest BCUT2D eigenvalue weighted by atomic mass is 10.0. The van der Waals surface area contributed by atoms with Gasteiger partial charge in [-0.25, -0.2) is 9.07 Å². The zero-order valence-electron chi connectivity index (χ0n) is 13.2. The SMILES string of the molecule is Cc1nn(-c2ccc3c(c2)CNC3)c(C)c1-c1cccc(F)c1. The Kier molecular flexibility index (Phi) is 3.27. The second-order valence-electron chi connectivity index (χ2n) is 6.02. The molecular formula is C19H18FN3. The summed E-state index contributed by atoms with van der Waals surface area (Å²) in [6.07, 6.45) is 0. The Morgan fingerprint density at radius 2 is 1.87 bits per heavy atom. The lowest BCUT2D eigenvalue weighted by Crippen LogP contribution is -2.01. The monoisotopic (exact) mass is 307 g/mol. The van der Waals surface area contributed by atoms with Crippen LogP contribution in [0.2, 0.25) is 0 Å². The average molecular weight is 307 g/mol. The molecule has 4 heteroatoms. The number of hydrogen-bond donors (Lipinski definition) is 1. The molecule has 3 nitrogen and oxygen atoms in total. The van der Waals surface area contributed by atoms with Gasteiger partial charge in [-0.15, -0.1) is 0 Å². The second kappa shape index (κ2) is 5.32. The van der Waals surface area contributed by atoms with E-state index in [1.54, 1.807) is 12.1 Å². The third-order valence-electron chi connectivity index (χ3n) is 4.47. The molecule has 0 amide bonds. The molecule has 3 aromatic rings. The lowest BCUT2D eigenvalue weighted by molar-refractivity contribution is 0.628. The van der Waals surface area contributed by atoms with Gasteiger partial charge in [-0.3, -0.25) is 0 Å². The minimum Gasteiger partial charge on any atom is -0.309 e. The largest absolute Gasteiger partial charge is 0.309 e. The first-order valence-corrected chi connectivity index (χ1v) is 7.78. The number of fused-ring (bicyclic) bond motifs is 1. The first-order valence-electron chi connectivity index (χ1n) is 7.78. The molecule has 23 heavy (non-hydrogen) atoms. The van der Waals surface area contributed by atoms with E-state index in [-0.39, 0.29) is 5.82 Å².